The predicted octanol–water partition coefficient (Wildman–Crippen LogP) is 4.92. The van der Waals surface area contributed by atoms with E-state index < -0.39 is 34.3 Å². The largest absolute Gasteiger partial charge is 0.492 e. The number of halogens is 1. The molecule has 3 aromatic rings. The number of sulfonamides is 1. The van der Waals surface area contributed by atoms with Gasteiger partial charge < -0.3 is 15.0 Å². The van der Waals surface area contributed by atoms with Crippen LogP contribution in [-0.2, 0) is 26.2 Å². The molecule has 0 aromatic heterocycles. The van der Waals surface area contributed by atoms with Crippen LogP contribution in [0.3, 0.4) is 0 Å². The fourth-order valence-corrected chi connectivity index (χ4v) is 5.54. The zero-order chi connectivity index (χ0) is 30.2. The molecular weight excluding hydrogens is 545 g/mol. The van der Waals surface area contributed by atoms with Crippen molar-refractivity contribution < 1.29 is 27.1 Å². The number of anilines is 1. The van der Waals surface area contributed by atoms with Crippen molar-refractivity contribution in [3.8, 4) is 5.75 Å². The molecule has 0 heterocycles. The first-order chi connectivity index (χ1) is 19.4. The van der Waals surface area contributed by atoms with Gasteiger partial charge in [0.2, 0.25) is 11.8 Å². The van der Waals surface area contributed by atoms with Crippen LogP contribution in [0.25, 0.3) is 0 Å². The van der Waals surface area contributed by atoms with E-state index in [4.69, 9.17) is 4.74 Å². The molecule has 0 spiro atoms. The molecule has 2 amide bonds. The van der Waals surface area contributed by atoms with Gasteiger partial charge in [-0.25, -0.2) is 12.8 Å². The lowest BCUT2D eigenvalue weighted by Gasteiger charge is -2.32. The first kappa shape index (κ1) is 31.6. The highest BCUT2D eigenvalue weighted by Crippen LogP contribution is 2.33. The van der Waals surface area contributed by atoms with Gasteiger partial charge in [0.25, 0.3) is 10.0 Å². The number of rotatable bonds is 13. The van der Waals surface area contributed by atoms with Gasteiger partial charge in [-0.1, -0.05) is 55.8 Å². The second kappa shape index (κ2) is 14.1. The van der Waals surface area contributed by atoms with Crippen molar-refractivity contribution in [3.63, 3.8) is 0 Å². The number of nitrogens with one attached hydrogen (secondary N) is 1. The molecule has 0 aliphatic rings. The summed E-state index contributed by atoms with van der Waals surface area (Å²) >= 11 is 0. The average Bonchev–Trinajstić information content (AvgIpc) is 2.94. The maximum atomic E-state index is 14.0. The zero-order valence-corrected chi connectivity index (χ0v) is 24.9. The molecule has 10 heteroatoms. The molecular formula is C31H38FN3O5S. The van der Waals surface area contributed by atoms with Crippen LogP contribution in [0, 0.1) is 18.7 Å². The Hall–Kier alpha value is -3.92. The Bertz CT molecular complexity index is 1430. The maximum Gasteiger partial charge on any atom is 0.264 e. The number of hydrogen-bond donors (Lipinski definition) is 1. The highest BCUT2D eigenvalue weighted by atomic mass is 32.2. The summed E-state index contributed by atoms with van der Waals surface area (Å²) < 4.78 is 48.4. The molecule has 0 saturated heterocycles. The van der Waals surface area contributed by atoms with Crippen molar-refractivity contribution in [1.29, 1.82) is 0 Å². The molecule has 41 heavy (non-hydrogen) atoms. The number of hydrogen-bond acceptors (Lipinski definition) is 5. The van der Waals surface area contributed by atoms with Gasteiger partial charge >= 0.3 is 0 Å². The molecule has 1 atom stereocenters. The van der Waals surface area contributed by atoms with Gasteiger partial charge in [-0.2, -0.15) is 0 Å². The standard InChI is InChI=1S/C31H38FN3O5S/c1-6-40-29-10-8-7-9-28(29)35(41(38,39)27-17-11-23(4)12-18-27)21-30(36)34(20-25-13-15-26(32)16-14-25)24(5)31(37)33-19-22(2)3/h7-18,22,24H,6,19-21H2,1-5H3,(H,33,37). The first-order valence-corrected chi connectivity index (χ1v) is 15.0. The molecule has 0 radical (unpaired) electrons. The Balaban J connectivity index is 2.06. The Labute approximate surface area is 242 Å². The predicted molar refractivity (Wildman–Crippen MR) is 158 cm³/mol. The van der Waals surface area contributed by atoms with Crippen molar-refractivity contribution >= 4 is 27.5 Å². The monoisotopic (exact) mass is 583 g/mol. The van der Waals surface area contributed by atoms with E-state index in [1.54, 1.807) is 50.2 Å². The summed E-state index contributed by atoms with van der Waals surface area (Å²) in [6.45, 7) is 9.20. The van der Waals surface area contributed by atoms with Gasteiger partial charge in [0.15, 0.2) is 0 Å². The van der Waals surface area contributed by atoms with Gasteiger partial charge in [0.1, 0.15) is 24.2 Å². The van der Waals surface area contributed by atoms with Crippen molar-refractivity contribution in [1.82, 2.24) is 10.2 Å². The van der Waals surface area contributed by atoms with Gasteiger partial charge in [0.05, 0.1) is 17.2 Å². The second-order valence-electron chi connectivity index (χ2n) is 10.2. The van der Waals surface area contributed by atoms with Crippen LogP contribution < -0.4 is 14.4 Å². The van der Waals surface area contributed by atoms with Crippen LogP contribution in [0.5, 0.6) is 5.75 Å². The average molecular weight is 584 g/mol. The number of carbonyl (C=O) groups is 2. The molecule has 0 aliphatic heterocycles. The lowest BCUT2D eigenvalue weighted by atomic mass is 10.1. The Morgan fingerprint density at radius 2 is 1.59 bits per heavy atom. The van der Waals surface area contributed by atoms with Crippen LogP contribution in [0.1, 0.15) is 38.8 Å². The highest BCUT2D eigenvalue weighted by Gasteiger charge is 2.33. The molecule has 3 rings (SSSR count). The fraction of sp³-hybridized carbons (Fsp3) is 0.355. The molecule has 8 nitrogen and oxygen atoms in total. The van der Waals surface area contributed by atoms with Crippen molar-refractivity contribution in [2.24, 2.45) is 5.92 Å². The third-order valence-electron chi connectivity index (χ3n) is 6.44. The summed E-state index contributed by atoms with van der Waals surface area (Å²) in [4.78, 5) is 28.4. The number of nitrogens with zero attached hydrogens (tertiary/aromatic N) is 2. The summed E-state index contributed by atoms with van der Waals surface area (Å²) in [6, 6.07) is 17.6. The highest BCUT2D eigenvalue weighted by molar-refractivity contribution is 7.92. The molecule has 220 valence electrons. The third kappa shape index (κ3) is 8.29. The molecule has 0 fully saturated rings. The molecule has 3 aromatic carbocycles. The number of aryl methyl sites for hydroxylation is 1. The SMILES string of the molecule is CCOc1ccccc1N(CC(=O)N(Cc1ccc(F)cc1)C(C)C(=O)NCC(C)C)S(=O)(=O)c1ccc(C)cc1. The van der Waals surface area contributed by atoms with Crippen molar-refractivity contribution in [2.75, 3.05) is 24.0 Å². The van der Waals surface area contributed by atoms with E-state index in [1.807, 2.05) is 20.8 Å². The quantitative estimate of drug-likeness (QED) is 0.308. The van der Waals surface area contributed by atoms with Gasteiger partial charge in [-0.15, -0.1) is 0 Å². The Morgan fingerprint density at radius 1 is 0.951 bits per heavy atom. The second-order valence-corrected chi connectivity index (χ2v) is 12.1. The maximum absolute atomic E-state index is 14.0. The third-order valence-corrected chi connectivity index (χ3v) is 8.21. The lowest BCUT2D eigenvalue weighted by Crippen LogP contribution is -2.51. The number of carbonyl (C=O) groups excluding carboxylic acids is 2. The molecule has 0 bridgehead atoms. The van der Waals surface area contributed by atoms with E-state index in [2.05, 4.69) is 5.32 Å². The van der Waals surface area contributed by atoms with Gasteiger partial charge in [-0.3, -0.25) is 13.9 Å². The van der Waals surface area contributed by atoms with Gasteiger partial charge in [-0.05, 0) is 68.7 Å². The molecule has 0 saturated carbocycles. The number of benzene rings is 3. The van der Waals surface area contributed by atoms with Crippen molar-refractivity contribution in [2.45, 2.75) is 52.1 Å². The van der Waals surface area contributed by atoms with Gasteiger partial charge in [0, 0.05) is 13.1 Å². The topological polar surface area (TPSA) is 96.0 Å². The molecule has 1 N–H and O–H groups in total. The van der Waals surface area contributed by atoms with E-state index in [0.29, 0.717) is 17.9 Å². The van der Waals surface area contributed by atoms with Crippen molar-refractivity contribution in [3.05, 3.63) is 89.7 Å². The van der Waals surface area contributed by atoms with Crippen LogP contribution in [0.15, 0.2) is 77.7 Å². The zero-order valence-electron chi connectivity index (χ0n) is 24.1. The van der Waals surface area contributed by atoms with Crippen LogP contribution in [-0.4, -0.2) is 50.9 Å². The number of para-hydroxylation sites is 2. The van der Waals surface area contributed by atoms with E-state index in [9.17, 15) is 22.4 Å². The van der Waals surface area contributed by atoms with E-state index in [-0.39, 0.29) is 35.6 Å². The summed E-state index contributed by atoms with van der Waals surface area (Å²) in [5.41, 5.74) is 1.67. The normalized spacial score (nSPS) is 12.1. The minimum Gasteiger partial charge on any atom is -0.492 e. The molecule has 0 aliphatic carbocycles. The van der Waals surface area contributed by atoms with Crippen LogP contribution >= 0.6 is 0 Å². The van der Waals surface area contributed by atoms with E-state index in [0.717, 1.165) is 9.87 Å². The fourth-order valence-electron chi connectivity index (χ4n) is 4.11. The number of ether oxygens (including phenoxy) is 1. The minimum atomic E-state index is -4.23. The van der Waals surface area contributed by atoms with Crippen LogP contribution in [0.2, 0.25) is 0 Å². The lowest BCUT2D eigenvalue weighted by molar-refractivity contribution is -0.139. The minimum absolute atomic E-state index is 0.00927. The Kier molecular flexibility index (Phi) is 10.9. The number of amides is 2. The summed E-state index contributed by atoms with van der Waals surface area (Å²) in [6.07, 6.45) is 0. The first-order valence-electron chi connectivity index (χ1n) is 13.6. The van der Waals surface area contributed by atoms with E-state index >= 15 is 0 Å². The van der Waals surface area contributed by atoms with Crippen LogP contribution in [0.4, 0.5) is 10.1 Å². The summed E-state index contributed by atoms with van der Waals surface area (Å²) in [5, 5.41) is 2.84. The van der Waals surface area contributed by atoms with E-state index in [1.165, 1.54) is 41.3 Å². The summed E-state index contributed by atoms with van der Waals surface area (Å²) in [7, 11) is -4.23. The summed E-state index contributed by atoms with van der Waals surface area (Å²) in [5.74, 6) is -0.929. The molecule has 1 unspecified atom stereocenters. The smallest absolute Gasteiger partial charge is 0.264 e. The Morgan fingerprint density at radius 3 is 2.20 bits per heavy atom.